The molecule has 1 heterocycles. The van der Waals surface area contributed by atoms with E-state index in [0.717, 1.165) is 11.1 Å². The number of nitrogens with one attached hydrogen (secondary N) is 2. The van der Waals surface area contributed by atoms with Crippen LogP contribution in [0.1, 0.15) is 24.1 Å². The first-order chi connectivity index (χ1) is 10.4. The second-order valence-electron chi connectivity index (χ2n) is 5.00. The molecule has 118 valence electrons. The Kier molecular flexibility index (Phi) is 4.56. The van der Waals surface area contributed by atoms with E-state index in [9.17, 15) is 4.79 Å². The number of benzene rings is 1. The van der Waals surface area contributed by atoms with Crippen molar-refractivity contribution < 1.29 is 14.3 Å². The van der Waals surface area contributed by atoms with Crippen LogP contribution in [0.25, 0.3) is 0 Å². The fourth-order valence-corrected chi connectivity index (χ4v) is 2.83. The predicted octanol–water partition coefficient (Wildman–Crippen LogP) is 1.29. The van der Waals surface area contributed by atoms with Gasteiger partial charge in [-0.2, -0.15) is 0 Å². The second-order valence-corrected chi connectivity index (χ2v) is 5.41. The number of hydrogen-bond donors (Lipinski definition) is 3. The van der Waals surface area contributed by atoms with Gasteiger partial charge in [0.25, 0.3) is 0 Å². The highest BCUT2D eigenvalue weighted by atomic mass is 32.1. The van der Waals surface area contributed by atoms with E-state index in [1.54, 1.807) is 21.1 Å². The van der Waals surface area contributed by atoms with Gasteiger partial charge in [0.05, 0.1) is 25.8 Å². The van der Waals surface area contributed by atoms with E-state index < -0.39 is 11.9 Å². The first-order valence-electron chi connectivity index (χ1n) is 6.69. The largest absolute Gasteiger partial charge is 0.493 e. The fourth-order valence-electron chi connectivity index (χ4n) is 2.56. The van der Waals surface area contributed by atoms with E-state index in [1.807, 2.05) is 19.1 Å². The summed E-state index contributed by atoms with van der Waals surface area (Å²) in [7, 11) is 3.14. The van der Waals surface area contributed by atoms with Gasteiger partial charge < -0.3 is 25.8 Å². The van der Waals surface area contributed by atoms with Crippen molar-refractivity contribution in [2.75, 3.05) is 14.2 Å². The second kappa shape index (κ2) is 6.23. The molecule has 4 N–H and O–H groups in total. The van der Waals surface area contributed by atoms with Crippen LogP contribution in [0.4, 0.5) is 0 Å². The highest BCUT2D eigenvalue weighted by Crippen LogP contribution is 2.36. The van der Waals surface area contributed by atoms with Crippen molar-refractivity contribution in [3.8, 4) is 11.5 Å². The monoisotopic (exact) mass is 321 g/mol. The number of primary amides is 1. The van der Waals surface area contributed by atoms with E-state index in [1.165, 1.54) is 0 Å². The van der Waals surface area contributed by atoms with Crippen molar-refractivity contribution in [2.45, 2.75) is 19.9 Å². The molecule has 1 atom stereocenters. The molecule has 0 bridgehead atoms. The zero-order valence-electron chi connectivity index (χ0n) is 12.9. The van der Waals surface area contributed by atoms with Gasteiger partial charge in [0.1, 0.15) is 0 Å². The van der Waals surface area contributed by atoms with Gasteiger partial charge in [-0.15, -0.1) is 0 Å². The van der Waals surface area contributed by atoms with Gasteiger partial charge in [0, 0.05) is 5.70 Å². The van der Waals surface area contributed by atoms with Crippen molar-refractivity contribution in [1.29, 1.82) is 0 Å². The smallest absolute Gasteiger partial charge is 0.248 e. The fraction of sp³-hybridized carbons (Fsp3) is 0.333. The molecule has 22 heavy (non-hydrogen) atoms. The van der Waals surface area contributed by atoms with Gasteiger partial charge in [0.2, 0.25) is 5.91 Å². The number of carbonyl (C=O) groups excluding carboxylic acids is 1. The summed E-state index contributed by atoms with van der Waals surface area (Å²) < 4.78 is 10.6. The Labute approximate surface area is 134 Å². The third kappa shape index (κ3) is 2.85. The molecule has 1 amide bonds. The molecule has 0 aliphatic carbocycles. The number of rotatable bonds is 4. The molecule has 1 aromatic carbocycles. The van der Waals surface area contributed by atoms with Crippen LogP contribution >= 0.6 is 12.2 Å². The maximum Gasteiger partial charge on any atom is 0.248 e. The minimum atomic E-state index is -0.501. The highest BCUT2D eigenvalue weighted by Gasteiger charge is 2.30. The highest BCUT2D eigenvalue weighted by molar-refractivity contribution is 7.80. The molecule has 0 saturated heterocycles. The number of nitrogens with two attached hydrogens (primary N) is 1. The number of allylic oxidation sites excluding steroid dienone is 1. The minimum Gasteiger partial charge on any atom is -0.493 e. The summed E-state index contributed by atoms with van der Waals surface area (Å²) in [6.07, 6.45) is 0. The quantitative estimate of drug-likeness (QED) is 0.725. The number of thiocarbonyl (C=S) groups is 1. The molecule has 1 aliphatic rings. The van der Waals surface area contributed by atoms with E-state index >= 15 is 0 Å². The van der Waals surface area contributed by atoms with Gasteiger partial charge in [-0.05, 0) is 49.3 Å². The Morgan fingerprint density at radius 3 is 2.36 bits per heavy atom. The summed E-state index contributed by atoms with van der Waals surface area (Å²) in [5.41, 5.74) is 8.42. The summed E-state index contributed by atoms with van der Waals surface area (Å²) in [6, 6.07) is 3.26. The number of ether oxygens (including phenoxy) is 2. The Balaban J connectivity index is 2.60. The lowest BCUT2D eigenvalue weighted by Gasteiger charge is -2.30. The Morgan fingerprint density at radius 1 is 1.23 bits per heavy atom. The van der Waals surface area contributed by atoms with Crippen LogP contribution in [-0.4, -0.2) is 25.2 Å². The summed E-state index contributed by atoms with van der Waals surface area (Å²) in [4.78, 5) is 11.8. The van der Waals surface area contributed by atoms with E-state index in [0.29, 0.717) is 27.9 Å². The molecule has 1 aromatic rings. The topological polar surface area (TPSA) is 85.6 Å². The SMILES string of the molecule is COc1cc(C)c(C2NC(=S)NC(C)=C2C(N)=O)cc1OC. The lowest BCUT2D eigenvalue weighted by atomic mass is 9.91. The van der Waals surface area contributed by atoms with Gasteiger partial charge in [-0.25, -0.2) is 0 Å². The number of hydrogen-bond acceptors (Lipinski definition) is 4. The van der Waals surface area contributed by atoms with Crippen molar-refractivity contribution >= 4 is 23.2 Å². The average molecular weight is 321 g/mol. The molecule has 7 heteroatoms. The molecule has 6 nitrogen and oxygen atoms in total. The molecule has 1 unspecified atom stereocenters. The maximum absolute atomic E-state index is 11.8. The molecule has 0 fully saturated rings. The van der Waals surface area contributed by atoms with Gasteiger partial charge in [0.15, 0.2) is 16.6 Å². The zero-order chi connectivity index (χ0) is 16.4. The molecule has 0 saturated carbocycles. The number of methoxy groups -OCH3 is 2. The third-order valence-corrected chi connectivity index (χ3v) is 3.84. The van der Waals surface area contributed by atoms with Crippen LogP contribution in [0, 0.1) is 6.92 Å². The number of carbonyl (C=O) groups is 1. The Morgan fingerprint density at radius 2 is 1.82 bits per heavy atom. The normalized spacial score (nSPS) is 17.6. The van der Waals surface area contributed by atoms with Gasteiger partial charge in [-0.1, -0.05) is 0 Å². The Hall–Kier alpha value is -2.28. The van der Waals surface area contributed by atoms with Crippen LogP contribution in [0.3, 0.4) is 0 Å². The van der Waals surface area contributed by atoms with E-state index in [4.69, 9.17) is 27.4 Å². The first-order valence-corrected chi connectivity index (χ1v) is 7.10. The summed E-state index contributed by atoms with van der Waals surface area (Å²) in [5.74, 6) is 0.705. The maximum atomic E-state index is 11.8. The predicted molar refractivity (Wildman–Crippen MR) is 87.8 cm³/mol. The van der Waals surface area contributed by atoms with Crippen molar-refractivity contribution in [2.24, 2.45) is 5.73 Å². The summed E-state index contributed by atoms with van der Waals surface area (Å²) in [5, 5.41) is 6.46. The summed E-state index contributed by atoms with van der Waals surface area (Å²) >= 11 is 5.19. The third-order valence-electron chi connectivity index (χ3n) is 3.62. The lowest BCUT2D eigenvalue weighted by Crippen LogP contribution is -2.46. The number of aryl methyl sites for hydroxylation is 1. The van der Waals surface area contributed by atoms with Crippen molar-refractivity contribution in [3.63, 3.8) is 0 Å². The van der Waals surface area contributed by atoms with Crippen LogP contribution in [0.5, 0.6) is 11.5 Å². The average Bonchev–Trinajstić information content (AvgIpc) is 2.45. The standard InChI is InChI=1S/C15H19N3O3S/c1-7-5-10(20-3)11(21-4)6-9(7)13-12(14(16)19)8(2)17-15(22)18-13/h5-6,13H,1-4H3,(H2,16,19)(H2,17,18,22). The molecular weight excluding hydrogens is 302 g/mol. The zero-order valence-corrected chi connectivity index (χ0v) is 13.8. The van der Waals surface area contributed by atoms with Crippen molar-refractivity contribution in [1.82, 2.24) is 10.6 Å². The number of amides is 1. The van der Waals surface area contributed by atoms with Crippen LogP contribution in [0.15, 0.2) is 23.4 Å². The minimum absolute atomic E-state index is 0.425. The van der Waals surface area contributed by atoms with E-state index in [-0.39, 0.29) is 0 Å². The Bertz CT molecular complexity index is 670. The van der Waals surface area contributed by atoms with Gasteiger partial charge in [-0.3, -0.25) is 4.79 Å². The lowest BCUT2D eigenvalue weighted by molar-refractivity contribution is -0.115. The summed E-state index contributed by atoms with van der Waals surface area (Å²) in [6.45, 7) is 3.70. The molecule has 1 aliphatic heterocycles. The molecular formula is C15H19N3O3S. The molecule has 0 aromatic heterocycles. The molecule has 0 spiro atoms. The van der Waals surface area contributed by atoms with Crippen LogP contribution in [-0.2, 0) is 4.79 Å². The first kappa shape index (κ1) is 16.1. The molecule has 2 rings (SSSR count). The van der Waals surface area contributed by atoms with Crippen molar-refractivity contribution in [3.05, 3.63) is 34.5 Å². The van der Waals surface area contributed by atoms with Gasteiger partial charge >= 0.3 is 0 Å². The van der Waals surface area contributed by atoms with Crippen LogP contribution < -0.4 is 25.8 Å². The molecule has 0 radical (unpaired) electrons. The van der Waals surface area contributed by atoms with Crippen LogP contribution in [0.2, 0.25) is 0 Å². The van der Waals surface area contributed by atoms with E-state index in [2.05, 4.69) is 10.6 Å².